The van der Waals surface area contributed by atoms with Crippen molar-refractivity contribution in [3.63, 3.8) is 0 Å². The first-order chi connectivity index (χ1) is 13.7. The molecular formula is C22H22FN3O2. The number of benzene rings is 1. The van der Waals surface area contributed by atoms with E-state index >= 15 is 0 Å². The number of halogens is 1. The molecule has 28 heavy (non-hydrogen) atoms. The van der Waals surface area contributed by atoms with E-state index in [0.29, 0.717) is 23.6 Å². The van der Waals surface area contributed by atoms with Gasteiger partial charge >= 0.3 is 0 Å². The average molecular weight is 379 g/mol. The number of hydrogen-bond donors (Lipinski definition) is 2. The van der Waals surface area contributed by atoms with Gasteiger partial charge < -0.3 is 15.1 Å². The van der Waals surface area contributed by atoms with Crippen molar-refractivity contribution >= 4 is 28.4 Å². The summed E-state index contributed by atoms with van der Waals surface area (Å²) in [4.78, 5) is 17.1. The van der Waals surface area contributed by atoms with Crippen molar-refractivity contribution in [3.8, 4) is 0 Å². The number of nitrogens with zero attached hydrogens (tertiary/aromatic N) is 1. The summed E-state index contributed by atoms with van der Waals surface area (Å²) in [5, 5.41) is 6.83. The summed E-state index contributed by atoms with van der Waals surface area (Å²) in [6.07, 6.45) is 9.46. The zero-order valence-electron chi connectivity index (χ0n) is 15.5. The van der Waals surface area contributed by atoms with E-state index in [1.807, 2.05) is 0 Å². The number of aromatic nitrogens is 1. The van der Waals surface area contributed by atoms with Gasteiger partial charge in [-0.15, -0.1) is 0 Å². The Labute approximate surface area is 162 Å². The number of hydrogen-bond acceptors (Lipinski definition) is 4. The Balaban J connectivity index is 1.49. The van der Waals surface area contributed by atoms with Gasteiger partial charge in [0.25, 0.3) is 5.91 Å². The highest BCUT2D eigenvalue weighted by Gasteiger charge is 2.14. The summed E-state index contributed by atoms with van der Waals surface area (Å²) in [5.74, 6) is -0.0527. The molecule has 5 nitrogen and oxygen atoms in total. The predicted octanol–water partition coefficient (Wildman–Crippen LogP) is 5.33. The standard InChI is InChI=1S/C22H22FN3O2/c23-16-6-8-17(9-7-16)25-21-18-11-13-28-20(18)14-19(26-21)22(27)24-12-10-15-4-2-1-3-5-15/h4,6-9,11,13-14H,1-3,5,10,12H2,(H,24,27)(H,25,26). The maximum absolute atomic E-state index is 13.1. The van der Waals surface area contributed by atoms with Crippen molar-refractivity contribution in [2.45, 2.75) is 32.1 Å². The molecule has 1 aliphatic carbocycles. The first kappa shape index (κ1) is 18.2. The van der Waals surface area contributed by atoms with E-state index in [-0.39, 0.29) is 17.4 Å². The van der Waals surface area contributed by atoms with E-state index in [1.54, 1.807) is 30.5 Å². The van der Waals surface area contributed by atoms with Crippen LogP contribution in [-0.2, 0) is 0 Å². The fourth-order valence-corrected chi connectivity index (χ4v) is 3.41. The van der Waals surface area contributed by atoms with Gasteiger partial charge in [0.1, 0.15) is 22.9 Å². The van der Waals surface area contributed by atoms with Crippen LogP contribution in [0.25, 0.3) is 11.0 Å². The van der Waals surface area contributed by atoms with E-state index in [0.717, 1.165) is 24.6 Å². The van der Waals surface area contributed by atoms with Crippen molar-refractivity contribution < 1.29 is 13.6 Å². The number of amides is 1. The number of furan rings is 1. The minimum absolute atomic E-state index is 0.239. The van der Waals surface area contributed by atoms with Gasteiger partial charge in [-0.2, -0.15) is 0 Å². The van der Waals surface area contributed by atoms with Gasteiger partial charge in [0.15, 0.2) is 0 Å². The van der Waals surface area contributed by atoms with Crippen LogP contribution in [0, 0.1) is 5.82 Å². The molecule has 1 aliphatic rings. The summed E-state index contributed by atoms with van der Waals surface area (Å²) >= 11 is 0. The summed E-state index contributed by atoms with van der Waals surface area (Å²) in [5.41, 5.74) is 2.95. The zero-order valence-corrected chi connectivity index (χ0v) is 15.5. The van der Waals surface area contributed by atoms with E-state index in [9.17, 15) is 9.18 Å². The van der Waals surface area contributed by atoms with Crippen molar-refractivity contribution in [1.29, 1.82) is 0 Å². The number of pyridine rings is 1. The molecule has 0 atom stereocenters. The van der Waals surface area contributed by atoms with Crippen molar-refractivity contribution in [3.05, 3.63) is 65.8 Å². The molecule has 0 spiro atoms. The van der Waals surface area contributed by atoms with Crippen molar-refractivity contribution in [1.82, 2.24) is 10.3 Å². The lowest BCUT2D eigenvalue weighted by atomic mass is 9.97. The molecule has 1 amide bonds. The van der Waals surface area contributed by atoms with Crippen LogP contribution < -0.4 is 10.6 Å². The van der Waals surface area contributed by atoms with Crippen LogP contribution in [0.1, 0.15) is 42.6 Å². The van der Waals surface area contributed by atoms with Crippen LogP contribution in [0.15, 0.2) is 58.7 Å². The van der Waals surface area contributed by atoms with Crippen LogP contribution in [-0.4, -0.2) is 17.4 Å². The van der Waals surface area contributed by atoms with Gasteiger partial charge in [0.2, 0.25) is 0 Å². The van der Waals surface area contributed by atoms with Gasteiger partial charge in [-0.05, 0) is 62.4 Å². The van der Waals surface area contributed by atoms with Crippen LogP contribution in [0.3, 0.4) is 0 Å². The molecule has 2 aromatic heterocycles. The SMILES string of the molecule is O=C(NCCC1=CCCCC1)c1cc2occc2c(Nc2ccc(F)cc2)n1. The van der Waals surface area contributed by atoms with Crippen molar-refractivity contribution in [2.24, 2.45) is 0 Å². The molecule has 2 heterocycles. The summed E-state index contributed by atoms with van der Waals surface area (Å²) in [7, 11) is 0. The summed E-state index contributed by atoms with van der Waals surface area (Å²) < 4.78 is 18.6. The molecule has 6 heteroatoms. The monoisotopic (exact) mass is 379 g/mol. The second kappa shape index (κ2) is 8.25. The molecule has 0 saturated carbocycles. The van der Waals surface area contributed by atoms with Gasteiger partial charge in [-0.3, -0.25) is 4.79 Å². The minimum atomic E-state index is -0.312. The van der Waals surface area contributed by atoms with E-state index in [4.69, 9.17) is 4.42 Å². The first-order valence-corrected chi connectivity index (χ1v) is 9.56. The van der Waals surface area contributed by atoms with Crippen LogP contribution in [0.5, 0.6) is 0 Å². The maximum Gasteiger partial charge on any atom is 0.270 e. The number of allylic oxidation sites excluding steroid dienone is 1. The molecule has 0 radical (unpaired) electrons. The Bertz CT molecular complexity index is 1010. The molecule has 1 aromatic carbocycles. The Morgan fingerprint density at radius 2 is 2.04 bits per heavy atom. The highest BCUT2D eigenvalue weighted by atomic mass is 19.1. The topological polar surface area (TPSA) is 67.2 Å². The molecule has 2 N–H and O–H groups in total. The molecule has 0 aliphatic heterocycles. The quantitative estimate of drug-likeness (QED) is 0.568. The molecule has 0 saturated heterocycles. The highest BCUT2D eigenvalue weighted by Crippen LogP contribution is 2.27. The smallest absolute Gasteiger partial charge is 0.270 e. The third kappa shape index (κ3) is 4.22. The lowest BCUT2D eigenvalue weighted by molar-refractivity contribution is 0.0949. The minimum Gasteiger partial charge on any atom is -0.464 e. The molecule has 4 rings (SSSR count). The number of rotatable bonds is 6. The summed E-state index contributed by atoms with van der Waals surface area (Å²) in [6.45, 7) is 0.587. The fourth-order valence-electron chi connectivity index (χ4n) is 3.41. The highest BCUT2D eigenvalue weighted by molar-refractivity contribution is 5.99. The van der Waals surface area contributed by atoms with Gasteiger partial charge in [0.05, 0.1) is 11.6 Å². The van der Waals surface area contributed by atoms with Crippen LogP contribution in [0.2, 0.25) is 0 Å². The number of anilines is 2. The van der Waals surface area contributed by atoms with Gasteiger partial charge in [-0.1, -0.05) is 11.6 Å². The molecule has 0 unspecified atom stereocenters. The largest absolute Gasteiger partial charge is 0.464 e. The average Bonchev–Trinajstić information content (AvgIpc) is 3.19. The Kier molecular flexibility index (Phi) is 5.37. The zero-order chi connectivity index (χ0) is 19.3. The van der Waals surface area contributed by atoms with Gasteiger partial charge in [0, 0.05) is 18.3 Å². The van der Waals surface area contributed by atoms with E-state index in [1.165, 1.54) is 30.5 Å². The third-order valence-corrected chi connectivity index (χ3v) is 4.91. The number of carbonyl (C=O) groups excluding carboxylic acids is 1. The molecule has 144 valence electrons. The Morgan fingerprint density at radius 1 is 1.18 bits per heavy atom. The molecule has 0 bridgehead atoms. The number of carbonyl (C=O) groups is 1. The second-order valence-electron chi connectivity index (χ2n) is 6.93. The lowest BCUT2D eigenvalue weighted by Crippen LogP contribution is -2.26. The normalized spacial score (nSPS) is 14.0. The van der Waals surface area contributed by atoms with E-state index in [2.05, 4.69) is 21.7 Å². The lowest BCUT2D eigenvalue weighted by Gasteiger charge is -2.13. The Morgan fingerprint density at radius 3 is 2.82 bits per heavy atom. The first-order valence-electron chi connectivity index (χ1n) is 9.56. The summed E-state index contributed by atoms with van der Waals surface area (Å²) in [6, 6.07) is 9.39. The number of nitrogens with one attached hydrogen (secondary N) is 2. The van der Waals surface area contributed by atoms with Crippen LogP contribution in [0.4, 0.5) is 15.9 Å². The fraction of sp³-hybridized carbons (Fsp3) is 0.273. The molecule has 0 fully saturated rings. The van der Waals surface area contributed by atoms with Crippen LogP contribution >= 0.6 is 0 Å². The van der Waals surface area contributed by atoms with E-state index < -0.39 is 0 Å². The predicted molar refractivity (Wildman–Crippen MR) is 107 cm³/mol. The van der Waals surface area contributed by atoms with Gasteiger partial charge in [-0.25, -0.2) is 9.37 Å². The third-order valence-electron chi connectivity index (χ3n) is 4.91. The Hall–Kier alpha value is -3.15. The second-order valence-corrected chi connectivity index (χ2v) is 6.93. The molecular weight excluding hydrogens is 357 g/mol. The maximum atomic E-state index is 13.1. The van der Waals surface area contributed by atoms with Crippen molar-refractivity contribution in [2.75, 3.05) is 11.9 Å². The number of fused-ring (bicyclic) bond motifs is 1. The molecule has 3 aromatic rings.